The lowest BCUT2D eigenvalue weighted by molar-refractivity contribution is -0.139. The largest absolute Gasteiger partial charge is 0.458 e. The molecule has 0 unspecified atom stereocenters. The Balaban J connectivity index is 1.86. The Kier molecular flexibility index (Phi) is 2.63. The van der Waals surface area contributed by atoms with Crippen molar-refractivity contribution < 1.29 is 14.3 Å². The van der Waals surface area contributed by atoms with E-state index in [-0.39, 0.29) is 29.7 Å². The molecule has 2 heterocycles. The number of hydrogen-bond donors (Lipinski definition) is 0. The first kappa shape index (κ1) is 12.0. The van der Waals surface area contributed by atoms with Crippen molar-refractivity contribution in [2.45, 2.75) is 57.3 Å². The highest BCUT2D eigenvalue weighted by molar-refractivity contribution is 5.90. The van der Waals surface area contributed by atoms with Crippen LogP contribution in [0.25, 0.3) is 0 Å². The molecule has 0 saturated carbocycles. The molecule has 1 aliphatic carbocycles. The van der Waals surface area contributed by atoms with Gasteiger partial charge in [-0.15, -0.1) is 0 Å². The fourth-order valence-corrected chi connectivity index (χ4v) is 3.19. The van der Waals surface area contributed by atoms with E-state index in [2.05, 4.69) is 26.5 Å². The summed E-state index contributed by atoms with van der Waals surface area (Å²) >= 11 is 0. The molecule has 0 spiro atoms. The molecular formula is C15H20O3. The van der Waals surface area contributed by atoms with Gasteiger partial charge in [0.05, 0.1) is 11.7 Å². The van der Waals surface area contributed by atoms with Gasteiger partial charge in [0, 0.05) is 17.9 Å². The molecule has 2 fully saturated rings. The van der Waals surface area contributed by atoms with Crippen molar-refractivity contribution >= 4 is 5.97 Å². The minimum atomic E-state index is -0.223. The number of epoxide rings is 1. The van der Waals surface area contributed by atoms with Crippen LogP contribution >= 0.6 is 0 Å². The Morgan fingerprint density at radius 1 is 1.50 bits per heavy atom. The first-order valence-corrected chi connectivity index (χ1v) is 6.73. The van der Waals surface area contributed by atoms with Crippen LogP contribution in [0.2, 0.25) is 0 Å². The van der Waals surface area contributed by atoms with Crippen LogP contribution in [0, 0.1) is 5.92 Å². The summed E-state index contributed by atoms with van der Waals surface area (Å²) in [4.78, 5) is 11.7. The van der Waals surface area contributed by atoms with E-state index in [4.69, 9.17) is 9.47 Å². The van der Waals surface area contributed by atoms with E-state index in [9.17, 15) is 4.79 Å². The Morgan fingerprint density at radius 2 is 2.28 bits per heavy atom. The van der Waals surface area contributed by atoms with Crippen molar-refractivity contribution in [2.24, 2.45) is 5.92 Å². The van der Waals surface area contributed by atoms with Gasteiger partial charge >= 0.3 is 5.97 Å². The zero-order valence-electron chi connectivity index (χ0n) is 11.1. The number of carbonyl (C=O) groups excluding carboxylic acids is 1. The highest BCUT2D eigenvalue weighted by Crippen LogP contribution is 2.48. The summed E-state index contributed by atoms with van der Waals surface area (Å²) in [5, 5.41) is 0. The van der Waals surface area contributed by atoms with Crippen molar-refractivity contribution in [3.8, 4) is 0 Å². The third-order valence-corrected chi connectivity index (χ3v) is 4.58. The molecule has 0 aromatic heterocycles. The second kappa shape index (κ2) is 3.95. The molecule has 98 valence electrons. The number of hydrogen-bond acceptors (Lipinski definition) is 3. The van der Waals surface area contributed by atoms with Crippen molar-refractivity contribution in [3.63, 3.8) is 0 Å². The molecule has 0 aromatic rings. The molecule has 0 bridgehead atoms. The molecule has 2 aliphatic heterocycles. The normalized spacial score (nSPS) is 43.7. The molecule has 3 aliphatic rings. The van der Waals surface area contributed by atoms with Crippen LogP contribution in [-0.2, 0) is 14.3 Å². The fraction of sp³-hybridized carbons (Fsp3) is 0.667. The molecule has 3 heteroatoms. The van der Waals surface area contributed by atoms with Gasteiger partial charge in [-0.05, 0) is 33.1 Å². The molecular weight excluding hydrogens is 228 g/mol. The van der Waals surface area contributed by atoms with Gasteiger partial charge < -0.3 is 9.47 Å². The number of ether oxygens (including phenoxy) is 2. The standard InChI is InChI=1S/C15H20O3/c1-9-5-4-6-15(3)13(18-15)8-11-10(2)14(16)17-12(11)7-9/h5,11-13H,2,4,6-8H2,1,3H3/t11-,12+,13+,15-/m1/s1. The third-order valence-electron chi connectivity index (χ3n) is 4.58. The molecule has 0 amide bonds. The van der Waals surface area contributed by atoms with Gasteiger partial charge in [0.1, 0.15) is 6.10 Å². The zero-order valence-corrected chi connectivity index (χ0v) is 11.1. The average molecular weight is 248 g/mol. The summed E-state index contributed by atoms with van der Waals surface area (Å²) in [7, 11) is 0. The van der Waals surface area contributed by atoms with Crippen LogP contribution in [0.15, 0.2) is 23.8 Å². The maximum atomic E-state index is 11.7. The summed E-state index contributed by atoms with van der Waals surface area (Å²) in [6, 6.07) is 0. The summed E-state index contributed by atoms with van der Waals surface area (Å²) in [5.41, 5.74) is 1.94. The van der Waals surface area contributed by atoms with Crippen LogP contribution in [0.5, 0.6) is 0 Å². The minimum absolute atomic E-state index is 0.00455. The first-order chi connectivity index (χ1) is 8.49. The molecule has 0 radical (unpaired) electrons. The monoisotopic (exact) mass is 248 g/mol. The predicted octanol–water partition coefficient (Wildman–Crippen LogP) is 2.76. The van der Waals surface area contributed by atoms with E-state index in [1.165, 1.54) is 5.57 Å². The van der Waals surface area contributed by atoms with Gasteiger partial charge in [-0.25, -0.2) is 4.79 Å². The van der Waals surface area contributed by atoms with Gasteiger partial charge in [-0.3, -0.25) is 0 Å². The lowest BCUT2D eigenvalue weighted by atomic mass is 9.84. The summed E-state index contributed by atoms with van der Waals surface area (Å²) in [5.74, 6) is -0.0924. The molecule has 3 nitrogen and oxygen atoms in total. The minimum Gasteiger partial charge on any atom is -0.458 e. The average Bonchev–Trinajstić information content (AvgIpc) is 2.86. The van der Waals surface area contributed by atoms with Crippen molar-refractivity contribution in [1.82, 2.24) is 0 Å². The Labute approximate surface area is 108 Å². The SMILES string of the molecule is C=C1C(=O)O[C@H]2CC(C)=CCC[C@@]3(C)O[C@H]3C[C@H]12. The van der Waals surface area contributed by atoms with Gasteiger partial charge in [-0.1, -0.05) is 18.2 Å². The Bertz CT molecular complexity index is 437. The molecule has 0 aromatic carbocycles. The Morgan fingerprint density at radius 3 is 3.06 bits per heavy atom. The highest BCUT2D eigenvalue weighted by atomic mass is 16.6. The number of carbonyl (C=O) groups is 1. The Hall–Kier alpha value is -1.09. The topological polar surface area (TPSA) is 38.8 Å². The third kappa shape index (κ3) is 1.91. The van der Waals surface area contributed by atoms with Gasteiger partial charge in [-0.2, -0.15) is 0 Å². The van der Waals surface area contributed by atoms with Crippen molar-refractivity contribution in [2.75, 3.05) is 0 Å². The van der Waals surface area contributed by atoms with E-state index in [0.29, 0.717) is 5.57 Å². The van der Waals surface area contributed by atoms with E-state index in [1.54, 1.807) is 0 Å². The first-order valence-electron chi connectivity index (χ1n) is 6.73. The summed E-state index contributed by atoms with van der Waals surface area (Å²) < 4.78 is 11.3. The molecule has 4 atom stereocenters. The van der Waals surface area contributed by atoms with Crippen LogP contribution in [-0.4, -0.2) is 23.8 Å². The maximum Gasteiger partial charge on any atom is 0.334 e. The zero-order chi connectivity index (χ0) is 12.9. The summed E-state index contributed by atoms with van der Waals surface area (Å²) in [6.45, 7) is 8.17. The van der Waals surface area contributed by atoms with Crippen molar-refractivity contribution in [1.29, 1.82) is 0 Å². The smallest absolute Gasteiger partial charge is 0.334 e. The van der Waals surface area contributed by atoms with Crippen molar-refractivity contribution in [3.05, 3.63) is 23.8 Å². The van der Waals surface area contributed by atoms with Crippen LogP contribution < -0.4 is 0 Å². The van der Waals surface area contributed by atoms with E-state index in [0.717, 1.165) is 25.7 Å². The molecule has 2 saturated heterocycles. The van der Waals surface area contributed by atoms with Crippen LogP contribution in [0.3, 0.4) is 0 Å². The van der Waals surface area contributed by atoms with E-state index >= 15 is 0 Å². The second-order valence-electron chi connectivity index (χ2n) is 6.02. The van der Waals surface area contributed by atoms with Crippen LogP contribution in [0.1, 0.15) is 39.5 Å². The summed E-state index contributed by atoms with van der Waals surface area (Å²) in [6.07, 6.45) is 6.30. The second-order valence-corrected chi connectivity index (χ2v) is 6.02. The van der Waals surface area contributed by atoms with E-state index < -0.39 is 0 Å². The fourth-order valence-electron chi connectivity index (χ4n) is 3.19. The number of fused-ring (bicyclic) bond motifs is 2. The highest BCUT2D eigenvalue weighted by Gasteiger charge is 2.54. The molecule has 3 rings (SSSR count). The van der Waals surface area contributed by atoms with Gasteiger partial charge in [0.2, 0.25) is 0 Å². The van der Waals surface area contributed by atoms with Gasteiger partial charge in [0.15, 0.2) is 0 Å². The van der Waals surface area contributed by atoms with E-state index in [1.807, 2.05) is 0 Å². The van der Waals surface area contributed by atoms with Gasteiger partial charge in [0.25, 0.3) is 0 Å². The molecule has 0 N–H and O–H groups in total. The number of allylic oxidation sites excluding steroid dienone is 1. The number of rotatable bonds is 0. The quantitative estimate of drug-likeness (QED) is 0.286. The molecule has 18 heavy (non-hydrogen) atoms. The predicted molar refractivity (Wildman–Crippen MR) is 68.0 cm³/mol. The van der Waals surface area contributed by atoms with Crippen LogP contribution in [0.4, 0.5) is 0 Å². The number of esters is 1. The lowest BCUT2D eigenvalue weighted by Gasteiger charge is -2.19. The lowest BCUT2D eigenvalue weighted by Crippen LogP contribution is -2.22. The maximum absolute atomic E-state index is 11.7.